The molecule has 1 aliphatic rings. The monoisotopic (exact) mass is 308 g/mol. The van der Waals surface area contributed by atoms with E-state index in [2.05, 4.69) is 4.98 Å². The average Bonchev–Trinajstić information content (AvgIpc) is 2.78. The SMILES string of the molecule is O=C(O)CCCC(Sc1ccccn1)N1C(=O)CCC1=O. The largest absolute Gasteiger partial charge is 0.481 e. The molecule has 0 radical (unpaired) electrons. The lowest BCUT2D eigenvalue weighted by Gasteiger charge is -2.25. The van der Waals surface area contributed by atoms with Gasteiger partial charge in [0.1, 0.15) is 0 Å². The second kappa shape index (κ2) is 7.21. The van der Waals surface area contributed by atoms with Crippen LogP contribution >= 0.6 is 11.8 Å². The summed E-state index contributed by atoms with van der Waals surface area (Å²) >= 11 is 1.33. The zero-order chi connectivity index (χ0) is 15.2. The van der Waals surface area contributed by atoms with Crippen LogP contribution < -0.4 is 0 Å². The number of carboxylic acid groups (broad SMARTS) is 1. The van der Waals surface area contributed by atoms with E-state index in [9.17, 15) is 14.4 Å². The summed E-state index contributed by atoms with van der Waals surface area (Å²) in [5, 5.41) is 9.04. The number of imide groups is 1. The predicted molar refractivity (Wildman–Crippen MR) is 76.5 cm³/mol. The van der Waals surface area contributed by atoms with Gasteiger partial charge in [0.25, 0.3) is 0 Å². The average molecular weight is 308 g/mol. The third-order valence-corrected chi connectivity index (χ3v) is 4.32. The minimum Gasteiger partial charge on any atom is -0.481 e. The van der Waals surface area contributed by atoms with E-state index >= 15 is 0 Å². The molecular weight excluding hydrogens is 292 g/mol. The Hall–Kier alpha value is -1.89. The van der Waals surface area contributed by atoms with Gasteiger partial charge >= 0.3 is 5.97 Å². The number of amides is 2. The zero-order valence-electron chi connectivity index (χ0n) is 11.4. The van der Waals surface area contributed by atoms with Crippen molar-refractivity contribution in [2.75, 3.05) is 0 Å². The van der Waals surface area contributed by atoms with Gasteiger partial charge in [-0.2, -0.15) is 0 Å². The van der Waals surface area contributed by atoms with Gasteiger partial charge in [0, 0.05) is 25.5 Å². The second-order valence-electron chi connectivity index (χ2n) is 4.68. The number of hydrogen-bond donors (Lipinski definition) is 1. The summed E-state index contributed by atoms with van der Waals surface area (Å²) in [5.74, 6) is -1.26. The minimum atomic E-state index is -0.879. The van der Waals surface area contributed by atoms with Crippen LogP contribution in [-0.4, -0.2) is 38.1 Å². The van der Waals surface area contributed by atoms with Crippen LogP contribution in [0.25, 0.3) is 0 Å². The maximum Gasteiger partial charge on any atom is 0.303 e. The maximum atomic E-state index is 11.9. The number of pyridine rings is 1. The van der Waals surface area contributed by atoms with Gasteiger partial charge in [0.15, 0.2) is 0 Å². The number of carboxylic acids is 1. The summed E-state index contributed by atoms with van der Waals surface area (Å²) in [6, 6.07) is 5.42. The van der Waals surface area contributed by atoms with Crippen molar-refractivity contribution < 1.29 is 19.5 Å². The topological polar surface area (TPSA) is 87.6 Å². The van der Waals surface area contributed by atoms with Crippen molar-refractivity contribution >= 4 is 29.5 Å². The van der Waals surface area contributed by atoms with Crippen LogP contribution in [0, 0.1) is 0 Å². The Morgan fingerprint density at radius 2 is 2.05 bits per heavy atom. The van der Waals surface area contributed by atoms with Crippen LogP contribution in [0.2, 0.25) is 0 Å². The minimum absolute atomic E-state index is 0.0233. The molecule has 1 aromatic rings. The highest BCUT2D eigenvalue weighted by molar-refractivity contribution is 7.99. The molecule has 0 bridgehead atoms. The van der Waals surface area contributed by atoms with Crippen molar-refractivity contribution in [3.8, 4) is 0 Å². The smallest absolute Gasteiger partial charge is 0.303 e. The molecule has 2 rings (SSSR count). The summed E-state index contributed by atoms with van der Waals surface area (Å²) in [7, 11) is 0. The lowest BCUT2D eigenvalue weighted by molar-refractivity contribution is -0.139. The van der Waals surface area contributed by atoms with Crippen LogP contribution in [0.5, 0.6) is 0 Å². The molecule has 2 heterocycles. The Morgan fingerprint density at radius 1 is 1.33 bits per heavy atom. The van der Waals surface area contributed by atoms with E-state index in [0.717, 1.165) is 0 Å². The maximum absolute atomic E-state index is 11.9. The van der Waals surface area contributed by atoms with Gasteiger partial charge in [0.05, 0.1) is 10.4 Å². The highest BCUT2D eigenvalue weighted by atomic mass is 32.2. The van der Waals surface area contributed by atoms with Crippen molar-refractivity contribution in [3.63, 3.8) is 0 Å². The van der Waals surface area contributed by atoms with E-state index in [-0.39, 0.29) is 36.5 Å². The molecule has 1 atom stereocenters. The van der Waals surface area contributed by atoms with Gasteiger partial charge in [-0.3, -0.25) is 19.3 Å². The molecule has 0 aromatic carbocycles. The van der Waals surface area contributed by atoms with E-state index in [1.807, 2.05) is 6.07 Å². The first-order valence-electron chi connectivity index (χ1n) is 6.72. The molecule has 1 aliphatic heterocycles. The second-order valence-corrected chi connectivity index (χ2v) is 5.88. The summed E-state index contributed by atoms with van der Waals surface area (Å²) in [6.07, 6.45) is 3.00. The standard InChI is InChI=1S/C14H16N2O4S/c17-11-7-8-12(18)16(11)13(5-3-6-14(19)20)21-10-4-1-2-9-15-10/h1-2,4,9,13H,3,5-8H2,(H,19,20). The first kappa shape index (κ1) is 15.5. The van der Waals surface area contributed by atoms with E-state index in [0.29, 0.717) is 17.9 Å². The molecule has 6 nitrogen and oxygen atoms in total. The van der Waals surface area contributed by atoms with Gasteiger partial charge in [0.2, 0.25) is 11.8 Å². The summed E-state index contributed by atoms with van der Waals surface area (Å²) in [4.78, 5) is 39.8. The van der Waals surface area contributed by atoms with E-state index in [1.165, 1.54) is 16.7 Å². The number of hydrogen-bond acceptors (Lipinski definition) is 5. The number of carbonyl (C=O) groups is 3. The Kier molecular flexibility index (Phi) is 5.32. The molecule has 21 heavy (non-hydrogen) atoms. The van der Waals surface area contributed by atoms with Crippen LogP contribution in [0.15, 0.2) is 29.4 Å². The Balaban J connectivity index is 2.08. The van der Waals surface area contributed by atoms with Crippen molar-refractivity contribution in [3.05, 3.63) is 24.4 Å². The number of aromatic nitrogens is 1. The molecule has 1 saturated heterocycles. The lowest BCUT2D eigenvalue weighted by atomic mass is 10.2. The quantitative estimate of drug-likeness (QED) is 0.611. The van der Waals surface area contributed by atoms with Crippen molar-refractivity contribution in [1.82, 2.24) is 9.88 Å². The molecule has 0 saturated carbocycles. The van der Waals surface area contributed by atoms with Gasteiger partial charge in [-0.15, -0.1) is 0 Å². The summed E-state index contributed by atoms with van der Waals surface area (Å²) in [5.41, 5.74) is 0. The van der Waals surface area contributed by atoms with Crippen LogP contribution in [-0.2, 0) is 14.4 Å². The van der Waals surface area contributed by atoms with Crippen molar-refractivity contribution in [1.29, 1.82) is 0 Å². The molecule has 1 fully saturated rings. The molecule has 0 spiro atoms. The summed E-state index contributed by atoms with van der Waals surface area (Å²) < 4.78 is 0. The molecule has 7 heteroatoms. The molecule has 1 unspecified atom stereocenters. The molecule has 2 amide bonds. The van der Waals surface area contributed by atoms with E-state index in [1.54, 1.807) is 18.3 Å². The Bertz CT molecular complexity index is 519. The third kappa shape index (κ3) is 4.29. The molecular formula is C14H16N2O4S. The fourth-order valence-corrected chi connectivity index (χ4v) is 3.32. The van der Waals surface area contributed by atoms with Crippen LogP contribution in [0.3, 0.4) is 0 Å². The predicted octanol–water partition coefficient (Wildman–Crippen LogP) is 1.90. The molecule has 1 N–H and O–H groups in total. The third-order valence-electron chi connectivity index (χ3n) is 3.11. The fraction of sp³-hybridized carbons (Fsp3) is 0.429. The van der Waals surface area contributed by atoms with Crippen LogP contribution in [0.4, 0.5) is 0 Å². The molecule has 0 aliphatic carbocycles. The van der Waals surface area contributed by atoms with Gasteiger partial charge in [-0.25, -0.2) is 4.98 Å². The number of thioether (sulfide) groups is 1. The lowest BCUT2D eigenvalue weighted by Crippen LogP contribution is -2.37. The van der Waals surface area contributed by atoms with Gasteiger partial charge in [-0.05, 0) is 25.0 Å². The highest BCUT2D eigenvalue weighted by Crippen LogP contribution is 2.31. The Labute approximate surface area is 126 Å². The van der Waals surface area contributed by atoms with Crippen LogP contribution in [0.1, 0.15) is 32.1 Å². The highest BCUT2D eigenvalue weighted by Gasteiger charge is 2.35. The Morgan fingerprint density at radius 3 is 2.62 bits per heavy atom. The zero-order valence-corrected chi connectivity index (χ0v) is 12.2. The molecule has 112 valence electrons. The normalized spacial score (nSPS) is 16.3. The van der Waals surface area contributed by atoms with Crippen molar-refractivity contribution in [2.45, 2.75) is 42.5 Å². The first-order valence-corrected chi connectivity index (χ1v) is 7.60. The number of rotatable bonds is 7. The number of aliphatic carboxylic acids is 1. The summed E-state index contributed by atoms with van der Waals surface area (Å²) in [6.45, 7) is 0. The number of carbonyl (C=O) groups excluding carboxylic acids is 2. The fourth-order valence-electron chi connectivity index (χ4n) is 2.14. The van der Waals surface area contributed by atoms with Gasteiger partial charge < -0.3 is 5.11 Å². The van der Waals surface area contributed by atoms with E-state index in [4.69, 9.17) is 5.11 Å². The van der Waals surface area contributed by atoms with Crippen molar-refractivity contribution in [2.24, 2.45) is 0 Å². The number of likely N-dealkylation sites (tertiary alicyclic amines) is 1. The molecule has 1 aromatic heterocycles. The number of nitrogens with zero attached hydrogens (tertiary/aromatic N) is 2. The van der Waals surface area contributed by atoms with Gasteiger partial charge in [-0.1, -0.05) is 17.8 Å². The van der Waals surface area contributed by atoms with E-state index < -0.39 is 5.97 Å². The first-order chi connectivity index (χ1) is 10.1.